The van der Waals surface area contributed by atoms with Crippen molar-refractivity contribution in [2.45, 2.75) is 57.3 Å². The fraction of sp³-hybridized carbons (Fsp3) is 0.345. The SMILES string of the molecule is CC(C)C(NC(=O)C(Cc1ccc(O)cc1)NC(=O)C(Cc1ccccc1)NC(=O)C(N)Cc1cnc[nH]1)C(=O)O. The molecule has 12 nitrogen and oxygen atoms in total. The van der Waals surface area contributed by atoms with Crippen LogP contribution in [0.2, 0.25) is 0 Å². The zero-order valence-corrected chi connectivity index (χ0v) is 22.9. The molecule has 12 heteroatoms. The number of imidazole rings is 1. The topological polar surface area (TPSA) is 200 Å². The predicted octanol–water partition coefficient (Wildman–Crippen LogP) is 0.666. The summed E-state index contributed by atoms with van der Waals surface area (Å²) in [4.78, 5) is 58.4. The average molecular weight is 565 g/mol. The second-order valence-electron chi connectivity index (χ2n) is 10.1. The fourth-order valence-electron chi connectivity index (χ4n) is 4.18. The molecule has 0 spiro atoms. The molecule has 1 aromatic heterocycles. The maximum atomic E-state index is 13.6. The molecule has 0 radical (unpaired) electrons. The van der Waals surface area contributed by atoms with Crippen LogP contribution in [-0.2, 0) is 38.4 Å². The van der Waals surface area contributed by atoms with Gasteiger partial charge in [-0.3, -0.25) is 14.4 Å². The highest BCUT2D eigenvalue weighted by Crippen LogP contribution is 2.13. The molecular weight excluding hydrogens is 528 g/mol. The van der Waals surface area contributed by atoms with E-state index in [1.165, 1.54) is 18.5 Å². The van der Waals surface area contributed by atoms with E-state index < -0.39 is 53.8 Å². The first-order valence-electron chi connectivity index (χ1n) is 13.2. The van der Waals surface area contributed by atoms with Gasteiger partial charge >= 0.3 is 5.97 Å². The molecule has 8 N–H and O–H groups in total. The lowest BCUT2D eigenvalue weighted by Crippen LogP contribution is -2.58. The Kier molecular flexibility index (Phi) is 11.0. The second kappa shape index (κ2) is 14.6. The van der Waals surface area contributed by atoms with Gasteiger partial charge in [-0.05, 0) is 29.2 Å². The normalized spacial score (nSPS) is 14.0. The molecule has 0 aliphatic heterocycles. The number of aromatic hydroxyl groups is 1. The van der Waals surface area contributed by atoms with E-state index in [1.54, 1.807) is 56.4 Å². The number of nitrogens with zero attached hydrogens (tertiary/aromatic N) is 1. The number of hydrogen-bond acceptors (Lipinski definition) is 7. The molecule has 4 unspecified atom stereocenters. The maximum absolute atomic E-state index is 13.6. The summed E-state index contributed by atoms with van der Waals surface area (Å²) < 4.78 is 0. The summed E-state index contributed by atoms with van der Waals surface area (Å²) in [5.74, 6) is -3.51. The zero-order chi connectivity index (χ0) is 29.9. The largest absolute Gasteiger partial charge is 0.508 e. The minimum absolute atomic E-state index is 0.00757. The summed E-state index contributed by atoms with van der Waals surface area (Å²) in [6, 6.07) is 10.7. The Morgan fingerprint density at radius 3 is 1.93 bits per heavy atom. The van der Waals surface area contributed by atoms with Gasteiger partial charge in [-0.1, -0.05) is 56.3 Å². The number of aromatic amines is 1. The van der Waals surface area contributed by atoms with Crippen LogP contribution in [0.25, 0.3) is 0 Å². The number of carbonyl (C=O) groups excluding carboxylic acids is 3. The minimum atomic E-state index is -1.21. The van der Waals surface area contributed by atoms with Crippen molar-refractivity contribution in [1.82, 2.24) is 25.9 Å². The predicted molar refractivity (Wildman–Crippen MR) is 150 cm³/mol. The van der Waals surface area contributed by atoms with Crippen LogP contribution >= 0.6 is 0 Å². The molecule has 0 aliphatic rings. The van der Waals surface area contributed by atoms with Gasteiger partial charge in [0.2, 0.25) is 17.7 Å². The number of benzene rings is 2. The molecule has 4 atom stereocenters. The van der Waals surface area contributed by atoms with E-state index in [9.17, 15) is 29.4 Å². The monoisotopic (exact) mass is 564 g/mol. The second-order valence-corrected chi connectivity index (χ2v) is 10.1. The molecule has 0 fully saturated rings. The first-order valence-corrected chi connectivity index (χ1v) is 13.2. The van der Waals surface area contributed by atoms with E-state index in [0.717, 1.165) is 5.56 Å². The van der Waals surface area contributed by atoms with Crippen molar-refractivity contribution in [3.8, 4) is 5.75 Å². The van der Waals surface area contributed by atoms with Crippen LogP contribution in [0.15, 0.2) is 67.1 Å². The van der Waals surface area contributed by atoms with E-state index in [-0.39, 0.29) is 25.0 Å². The van der Waals surface area contributed by atoms with Gasteiger partial charge in [0.05, 0.1) is 12.4 Å². The van der Waals surface area contributed by atoms with Crippen molar-refractivity contribution in [1.29, 1.82) is 0 Å². The third-order valence-electron chi connectivity index (χ3n) is 6.49. The highest BCUT2D eigenvalue weighted by molar-refractivity contribution is 5.94. The van der Waals surface area contributed by atoms with Gasteiger partial charge in [0.15, 0.2) is 0 Å². The molecule has 2 aromatic carbocycles. The van der Waals surface area contributed by atoms with E-state index in [4.69, 9.17) is 5.73 Å². The van der Waals surface area contributed by atoms with Crippen LogP contribution in [-0.4, -0.2) is 68.0 Å². The van der Waals surface area contributed by atoms with Crippen molar-refractivity contribution in [3.63, 3.8) is 0 Å². The van der Waals surface area contributed by atoms with Crippen molar-refractivity contribution < 1.29 is 29.4 Å². The number of aromatic nitrogens is 2. The standard InChI is InChI=1S/C29H36N6O6/c1-17(2)25(29(40)41)35-28(39)24(13-19-8-10-21(36)11-9-19)34-27(38)23(12-18-6-4-3-5-7-18)33-26(37)22(30)14-20-15-31-16-32-20/h3-11,15-17,22-25,36H,12-14,30H2,1-2H3,(H,31,32)(H,33,37)(H,34,38)(H,35,39)(H,40,41). The molecule has 218 valence electrons. The number of carboxylic acids is 1. The van der Waals surface area contributed by atoms with Gasteiger partial charge in [-0.2, -0.15) is 0 Å². The van der Waals surface area contributed by atoms with Gasteiger partial charge < -0.3 is 36.9 Å². The average Bonchev–Trinajstić information content (AvgIpc) is 3.45. The lowest BCUT2D eigenvalue weighted by molar-refractivity contribution is -0.143. The number of nitrogens with one attached hydrogen (secondary N) is 4. The van der Waals surface area contributed by atoms with E-state index in [1.807, 2.05) is 6.07 Å². The van der Waals surface area contributed by atoms with Crippen molar-refractivity contribution in [3.05, 3.63) is 83.9 Å². The summed E-state index contributed by atoms with van der Waals surface area (Å²) in [6.07, 6.45) is 3.32. The van der Waals surface area contributed by atoms with Crippen molar-refractivity contribution >= 4 is 23.7 Å². The van der Waals surface area contributed by atoms with Crippen molar-refractivity contribution in [2.75, 3.05) is 0 Å². The lowest BCUT2D eigenvalue weighted by atomic mass is 10.00. The smallest absolute Gasteiger partial charge is 0.326 e. The Hall–Kier alpha value is -4.71. The maximum Gasteiger partial charge on any atom is 0.326 e. The Bertz CT molecular complexity index is 1300. The number of phenolic OH excluding ortho intramolecular Hbond substituents is 1. The number of nitrogens with two attached hydrogens (primary N) is 1. The molecular formula is C29H36N6O6. The summed E-state index contributed by atoms with van der Waals surface area (Å²) in [5, 5.41) is 27.1. The molecule has 0 aliphatic carbocycles. The fourth-order valence-corrected chi connectivity index (χ4v) is 4.18. The van der Waals surface area contributed by atoms with Crippen LogP contribution in [0.4, 0.5) is 0 Å². The highest BCUT2D eigenvalue weighted by atomic mass is 16.4. The van der Waals surface area contributed by atoms with Crippen LogP contribution < -0.4 is 21.7 Å². The van der Waals surface area contributed by atoms with E-state index >= 15 is 0 Å². The number of aliphatic carboxylic acids is 1. The van der Waals surface area contributed by atoms with Gasteiger partial charge in [0, 0.05) is 31.2 Å². The number of amides is 3. The van der Waals surface area contributed by atoms with Crippen LogP contribution in [0.3, 0.4) is 0 Å². The Morgan fingerprint density at radius 1 is 0.829 bits per heavy atom. The summed E-state index contributed by atoms with van der Waals surface area (Å²) in [5.41, 5.74) is 8.13. The van der Waals surface area contributed by atoms with Crippen LogP contribution in [0, 0.1) is 5.92 Å². The number of phenols is 1. The summed E-state index contributed by atoms with van der Waals surface area (Å²) in [7, 11) is 0. The highest BCUT2D eigenvalue weighted by Gasteiger charge is 2.31. The minimum Gasteiger partial charge on any atom is -0.508 e. The van der Waals surface area contributed by atoms with E-state index in [2.05, 4.69) is 25.9 Å². The first-order chi connectivity index (χ1) is 19.5. The van der Waals surface area contributed by atoms with Gasteiger partial charge in [0.25, 0.3) is 0 Å². The molecule has 0 saturated heterocycles. The molecule has 3 aromatic rings. The Morgan fingerprint density at radius 2 is 1.39 bits per heavy atom. The number of rotatable bonds is 14. The Labute approximate surface area is 237 Å². The number of carbonyl (C=O) groups is 4. The zero-order valence-electron chi connectivity index (χ0n) is 22.9. The molecule has 1 heterocycles. The third kappa shape index (κ3) is 9.46. The first kappa shape index (κ1) is 30.8. The molecule has 0 saturated carbocycles. The molecule has 0 bridgehead atoms. The number of hydrogen-bond donors (Lipinski definition) is 7. The number of H-pyrrole nitrogens is 1. The van der Waals surface area contributed by atoms with Gasteiger partial charge in [0.1, 0.15) is 23.9 Å². The quantitative estimate of drug-likeness (QED) is 0.148. The van der Waals surface area contributed by atoms with E-state index in [0.29, 0.717) is 11.3 Å². The van der Waals surface area contributed by atoms with Crippen molar-refractivity contribution in [2.24, 2.45) is 11.7 Å². The van der Waals surface area contributed by atoms with Crippen LogP contribution in [0.5, 0.6) is 5.75 Å². The van der Waals surface area contributed by atoms with Gasteiger partial charge in [-0.15, -0.1) is 0 Å². The molecule has 3 rings (SSSR count). The summed E-state index contributed by atoms with van der Waals surface area (Å²) in [6.45, 7) is 3.31. The lowest BCUT2D eigenvalue weighted by Gasteiger charge is -2.26. The Balaban J connectivity index is 1.83. The van der Waals surface area contributed by atoms with Gasteiger partial charge in [-0.25, -0.2) is 9.78 Å². The number of carboxylic acid groups (broad SMARTS) is 1. The molecule has 41 heavy (non-hydrogen) atoms. The van der Waals surface area contributed by atoms with Crippen LogP contribution in [0.1, 0.15) is 30.7 Å². The summed E-state index contributed by atoms with van der Waals surface area (Å²) >= 11 is 0. The third-order valence-corrected chi connectivity index (χ3v) is 6.49. The molecule has 3 amide bonds.